The Morgan fingerprint density at radius 2 is 2.03 bits per heavy atom. The van der Waals surface area contributed by atoms with Crippen LogP contribution in [0.1, 0.15) is 85.5 Å². The molecule has 0 saturated heterocycles. The quantitative estimate of drug-likeness (QED) is 0.494. The van der Waals surface area contributed by atoms with Crippen molar-refractivity contribution in [2.45, 2.75) is 103 Å². The Labute approximate surface area is 183 Å². The van der Waals surface area contributed by atoms with Gasteiger partial charge in [0, 0.05) is 6.42 Å². The molecule has 5 atom stereocenters. The maximum Gasteiger partial charge on any atom is 0.0811 e. The smallest absolute Gasteiger partial charge is 0.0811 e. The summed E-state index contributed by atoms with van der Waals surface area (Å²) in [5.74, 6) is 1.12. The Balaban J connectivity index is 1.71. The van der Waals surface area contributed by atoms with Gasteiger partial charge in [0.15, 0.2) is 0 Å². The van der Waals surface area contributed by atoms with Crippen LogP contribution in [0.2, 0.25) is 0 Å². The van der Waals surface area contributed by atoms with Crippen LogP contribution < -0.4 is 0 Å². The highest BCUT2D eigenvalue weighted by Crippen LogP contribution is 2.57. The molecular formula is C27H42O3. The summed E-state index contributed by atoms with van der Waals surface area (Å²) in [4.78, 5) is 0. The van der Waals surface area contributed by atoms with Gasteiger partial charge in [-0.05, 0) is 87.2 Å². The largest absolute Gasteiger partial charge is 0.393 e. The maximum absolute atomic E-state index is 10.1. The van der Waals surface area contributed by atoms with Gasteiger partial charge in [-0.15, -0.1) is 0 Å². The molecule has 0 aliphatic heterocycles. The molecule has 168 valence electrons. The molecule has 0 heterocycles. The van der Waals surface area contributed by atoms with Crippen molar-refractivity contribution in [3.8, 4) is 0 Å². The fraction of sp³-hybridized carbons (Fsp3) is 0.704. The van der Waals surface area contributed by atoms with E-state index in [1.54, 1.807) is 5.57 Å². The summed E-state index contributed by atoms with van der Waals surface area (Å²) < 4.78 is 0. The van der Waals surface area contributed by atoms with Crippen LogP contribution in [0.5, 0.6) is 0 Å². The molecule has 3 aliphatic carbocycles. The van der Waals surface area contributed by atoms with Crippen LogP contribution in [0.4, 0.5) is 0 Å². The molecule has 0 spiro atoms. The fourth-order valence-corrected chi connectivity index (χ4v) is 6.08. The summed E-state index contributed by atoms with van der Waals surface area (Å²) in [6.45, 7) is 12.7. The van der Waals surface area contributed by atoms with Crippen LogP contribution >= 0.6 is 0 Å². The van der Waals surface area contributed by atoms with E-state index in [1.165, 1.54) is 18.4 Å². The molecule has 3 heteroatoms. The minimum Gasteiger partial charge on any atom is -0.393 e. The lowest BCUT2D eigenvalue weighted by Gasteiger charge is -2.42. The lowest BCUT2D eigenvalue weighted by molar-refractivity contribution is 0.0670. The Morgan fingerprint density at radius 1 is 1.30 bits per heavy atom. The number of hydrogen-bond acceptors (Lipinski definition) is 3. The monoisotopic (exact) mass is 414 g/mol. The summed E-state index contributed by atoms with van der Waals surface area (Å²) in [6.07, 6.45) is 14.5. The Morgan fingerprint density at radius 3 is 2.73 bits per heavy atom. The summed E-state index contributed by atoms with van der Waals surface area (Å²) >= 11 is 0. The van der Waals surface area contributed by atoms with Gasteiger partial charge in [0.25, 0.3) is 0 Å². The van der Waals surface area contributed by atoms with Crippen LogP contribution in [0.3, 0.4) is 0 Å². The van der Waals surface area contributed by atoms with Gasteiger partial charge < -0.3 is 15.3 Å². The van der Waals surface area contributed by atoms with E-state index >= 15 is 0 Å². The highest BCUT2D eigenvalue weighted by atomic mass is 16.3. The van der Waals surface area contributed by atoms with Gasteiger partial charge in [-0.1, -0.05) is 56.2 Å². The van der Waals surface area contributed by atoms with Crippen molar-refractivity contribution in [3.63, 3.8) is 0 Å². The molecule has 2 fully saturated rings. The van der Waals surface area contributed by atoms with E-state index < -0.39 is 17.8 Å². The molecule has 0 amide bonds. The molecule has 3 nitrogen and oxygen atoms in total. The summed E-state index contributed by atoms with van der Waals surface area (Å²) in [5.41, 5.74) is 4.55. The van der Waals surface area contributed by atoms with Gasteiger partial charge >= 0.3 is 0 Å². The molecule has 1 unspecified atom stereocenters. The first kappa shape index (κ1) is 23.5. The second-order valence-electron chi connectivity index (χ2n) is 10.9. The topological polar surface area (TPSA) is 60.7 Å². The second-order valence-corrected chi connectivity index (χ2v) is 10.9. The van der Waals surface area contributed by atoms with Crippen LogP contribution in [0.15, 0.2) is 47.1 Å². The lowest BCUT2D eigenvalue weighted by atomic mass is 9.62. The zero-order valence-corrected chi connectivity index (χ0v) is 19.5. The first-order chi connectivity index (χ1) is 14.0. The van der Waals surface area contributed by atoms with Crippen molar-refractivity contribution >= 4 is 0 Å². The fourth-order valence-electron chi connectivity index (χ4n) is 6.08. The molecule has 3 rings (SSSR count). The van der Waals surface area contributed by atoms with E-state index in [0.29, 0.717) is 24.7 Å². The number of aliphatic hydroxyl groups is 3. The minimum atomic E-state index is -0.625. The van der Waals surface area contributed by atoms with Crippen LogP contribution in [-0.4, -0.2) is 33.1 Å². The van der Waals surface area contributed by atoms with Crippen LogP contribution in [0.25, 0.3) is 0 Å². The van der Waals surface area contributed by atoms with Gasteiger partial charge in [-0.2, -0.15) is 0 Å². The Hall–Kier alpha value is -1.16. The minimum absolute atomic E-state index is 0.235. The molecule has 0 aromatic rings. The first-order valence-corrected chi connectivity index (χ1v) is 11.9. The molecular weight excluding hydrogens is 372 g/mol. The molecule has 0 aromatic carbocycles. The third-order valence-electron chi connectivity index (χ3n) is 7.83. The Bertz CT molecular complexity index is 736. The zero-order chi connectivity index (χ0) is 22.1. The van der Waals surface area contributed by atoms with Gasteiger partial charge in [-0.25, -0.2) is 0 Å². The molecule has 0 aromatic heterocycles. The predicted molar refractivity (Wildman–Crippen MR) is 124 cm³/mol. The number of fused-ring (bicyclic) bond motifs is 1. The molecule has 0 radical (unpaired) electrons. The lowest BCUT2D eigenvalue weighted by Crippen LogP contribution is -2.32. The van der Waals surface area contributed by atoms with Crippen LogP contribution in [-0.2, 0) is 0 Å². The third kappa shape index (κ3) is 5.18. The van der Waals surface area contributed by atoms with Gasteiger partial charge in [0.2, 0.25) is 0 Å². The number of allylic oxidation sites excluding steroid dienone is 5. The number of aliphatic hydroxyl groups excluding tert-OH is 2. The molecule has 3 N–H and O–H groups in total. The molecule has 2 saturated carbocycles. The highest BCUT2D eigenvalue weighted by Gasteiger charge is 2.45. The molecule has 30 heavy (non-hydrogen) atoms. The summed E-state index contributed by atoms with van der Waals surface area (Å²) in [5, 5.41) is 30.2. The van der Waals surface area contributed by atoms with Crippen LogP contribution in [0, 0.1) is 17.3 Å². The third-order valence-corrected chi connectivity index (χ3v) is 7.83. The van der Waals surface area contributed by atoms with E-state index in [0.717, 1.165) is 43.3 Å². The summed E-state index contributed by atoms with van der Waals surface area (Å²) in [7, 11) is 0. The highest BCUT2D eigenvalue weighted by molar-refractivity contribution is 5.40. The molecule has 3 aliphatic rings. The van der Waals surface area contributed by atoms with Crippen molar-refractivity contribution in [3.05, 3.63) is 47.1 Å². The van der Waals surface area contributed by atoms with E-state index in [4.69, 9.17) is 0 Å². The summed E-state index contributed by atoms with van der Waals surface area (Å²) in [6, 6.07) is 0. The average molecular weight is 415 g/mol. The molecule has 0 bridgehead atoms. The van der Waals surface area contributed by atoms with Crippen molar-refractivity contribution in [2.24, 2.45) is 17.3 Å². The van der Waals surface area contributed by atoms with E-state index in [2.05, 4.69) is 38.7 Å². The number of hydrogen-bond donors (Lipinski definition) is 3. The van der Waals surface area contributed by atoms with Crippen molar-refractivity contribution in [1.29, 1.82) is 0 Å². The normalized spacial score (nSPS) is 36.2. The average Bonchev–Trinajstić information content (AvgIpc) is 3.00. The maximum atomic E-state index is 10.1. The van der Waals surface area contributed by atoms with Gasteiger partial charge in [-0.3, -0.25) is 0 Å². The van der Waals surface area contributed by atoms with E-state index in [-0.39, 0.29) is 5.41 Å². The second kappa shape index (κ2) is 9.14. The van der Waals surface area contributed by atoms with Gasteiger partial charge in [0.05, 0.1) is 17.8 Å². The Kier molecular flexibility index (Phi) is 7.16. The predicted octanol–water partition coefficient (Wildman–Crippen LogP) is 5.62. The van der Waals surface area contributed by atoms with Crippen molar-refractivity contribution in [1.82, 2.24) is 0 Å². The van der Waals surface area contributed by atoms with E-state index in [9.17, 15) is 15.3 Å². The SMILES string of the molecule is C=C1C(=CC=C2CCC[C@]3(C)C([C@H](C)CCCC(C)(C)O)=CCC23)C[C@H](O)C[C@@H]1O. The zero-order valence-electron chi connectivity index (χ0n) is 19.5. The van der Waals surface area contributed by atoms with E-state index in [1.807, 2.05) is 13.8 Å². The first-order valence-electron chi connectivity index (χ1n) is 11.9. The number of rotatable bonds is 6. The van der Waals surface area contributed by atoms with Crippen molar-refractivity contribution < 1.29 is 15.3 Å². The van der Waals surface area contributed by atoms with Crippen molar-refractivity contribution in [2.75, 3.05) is 0 Å². The standard InChI is InChI=1S/C27H42O3/c1-18(8-6-14-26(3,4)30)23-12-13-24-20(9-7-15-27(23,24)5)10-11-21-16-22(28)17-25(29)19(21)2/h10-12,18,22,24-25,28-30H,2,6-9,13-17H2,1,3-5H3/t18-,22+,24?,25+,27-/m1/s1. The van der Waals surface area contributed by atoms with Gasteiger partial charge in [0.1, 0.15) is 0 Å².